The molecule has 0 aromatic carbocycles. The summed E-state index contributed by atoms with van der Waals surface area (Å²) in [6.07, 6.45) is 4.06. The number of hydrogen-bond donors (Lipinski definition) is 1. The summed E-state index contributed by atoms with van der Waals surface area (Å²) in [6.45, 7) is 4.90. The third-order valence-electron chi connectivity index (χ3n) is 2.58. The van der Waals surface area contributed by atoms with Crippen LogP contribution in [0.1, 0.15) is 39.5 Å². The summed E-state index contributed by atoms with van der Waals surface area (Å²) in [4.78, 5) is 11.3. The van der Waals surface area contributed by atoms with Gasteiger partial charge in [0.15, 0.2) is 0 Å². The Morgan fingerprint density at radius 2 is 2.14 bits per heavy atom. The standard InChI is InChI=1S/C11H20ClNO/c1-8(2)3-6-11(14)13-7-10(12)9-4-5-9/h8-10H,3-7H2,1-2H3,(H,13,14). The highest BCUT2D eigenvalue weighted by Gasteiger charge is 2.29. The van der Waals surface area contributed by atoms with Crippen molar-refractivity contribution in [2.75, 3.05) is 6.54 Å². The average molecular weight is 218 g/mol. The van der Waals surface area contributed by atoms with Gasteiger partial charge in [-0.2, -0.15) is 0 Å². The first-order valence-electron chi connectivity index (χ1n) is 5.50. The Bertz CT molecular complexity index is 190. The second-order valence-electron chi connectivity index (χ2n) is 4.59. The van der Waals surface area contributed by atoms with Gasteiger partial charge in [0.05, 0.1) is 5.38 Å². The summed E-state index contributed by atoms with van der Waals surface area (Å²) in [6, 6.07) is 0. The maximum Gasteiger partial charge on any atom is 0.220 e. The van der Waals surface area contributed by atoms with Gasteiger partial charge in [-0.3, -0.25) is 4.79 Å². The van der Waals surface area contributed by atoms with E-state index >= 15 is 0 Å². The Kier molecular flexibility index (Phi) is 4.73. The number of nitrogens with one attached hydrogen (secondary N) is 1. The molecule has 1 saturated carbocycles. The molecule has 1 fully saturated rings. The Hall–Kier alpha value is -0.240. The highest BCUT2D eigenvalue weighted by atomic mass is 35.5. The minimum atomic E-state index is 0.144. The van der Waals surface area contributed by atoms with Crippen molar-refractivity contribution in [1.82, 2.24) is 5.32 Å². The zero-order chi connectivity index (χ0) is 10.6. The fourth-order valence-corrected chi connectivity index (χ4v) is 1.67. The van der Waals surface area contributed by atoms with Crippen LogP contribution in [0, 0.1) is 11.8 Å². The summed E-state index contributed by atoms with van der Waals surface area (Å²) < 4.78 is 0. The van der Waals surface area contributed by atoms with Gasteiger partial charge in [0.2, 0.25) is 5.91 Å². The molecule has 0 radical (unpaired) electrons. The quantitative estimate of drug-likeness (QED) is 0.681. The van der Waals surface area contributed by atoms with Gasteiger partial charge in [0.1, 0.15) is 0 Å². The van der Waals surface area contributed by atoms with Gasteiger partial charge < -0.3 is 5.32 Å². The van der Waals surface area contributed by atoms with E-state index in [-0.39, 0.29) is 11.3 Å². The number of rotatable bonds is 6. The number of hydrogen-bond acceptors (Lipinski definition) is 1. The summed E-state index contributed by atoms with van der Waals surface area (Å²) in [5.74, 6) is 1.39. The summed E-state index contributed by atoms with van der Waals surface area (Å²) >= 11 is 6.07. The van der Waals surface area contributed by atoms with Crippen LogP contribution in [0.3, 0.4) is 0 Å². The largest absolute Gasteiger partial charge is 0.355 e. The van der Waals surface area contributed by atoms with Crippen molar-refractivity contribution in [2.45, 2.75) is 44.9 Å². The van der Waals surface area contributed by atoms with Crippen molar-refractivity contribution in [3.8, 4) is 0 Å². The summed E-state index contributed by atoms with van der Waals surface area (Å²) in [5, 5.41) is 3.04. The lowest BCUT2D eigenvalue weighted by molar-refractivity contribution is -0.121. The fraction of sp³-hybridized carbons (Fsp3) is 0.909. The molecule has 14 heavy (non-hydrogen) atoms. The van der Waals surface area contributed by atoms with Crippen LogP contribution in [-0.2, 0) is 4.79 Å². The Balaban J connectivity index is 2.02. The number of halogens is 1. The van der Waals surface area contributed by atoms with Gasteiger partial charge in [0, 0.05) is 13.0 Å². The molecule has 3 heteroatoms. The van der Waals surface area contributed by atoms with E-state index in [1.165, 1.54) is 12.8 Å². The minimum absolute atomic E-state index is 0.144. The molecule has 0 aromatic heterocycles. The van der Waals surface area contributed by atoms with E-state index in [4.69, 9.17) is 11.6 Å². The first-order valence-corrected chi connectivity index (χ1v) is 5.94. The lowest BCUT2D eigenvalue weighted by Gasteiger charge is -2.10. The van der Waals surface area contributed by atoms with Gasteiger partial charge in [-0.05, 0) is 31.1 Å². The predicted molar refractivity (Wildman–Crippen MR) is 59.4 cm³/mol. The molecule has 2 nitrogen and oxygen atoms in total. The molecule has 0 bridgehead atoms. The molecule has 1 aliphatic rings. The number of amides is 1. The van der Waals surface area contributed by atoms with E-state index in [9.17, 15) is 4.79 Å². The van der Waals surface area contributed by atoms with Gasteiger partial charge >= 0.3 is 0 Å². The van der Waals surface area contributed by atoms with Crippen molar-refractivity contribution in [1.29, 1.82) is 0 Å². The molecule has 1 unspecified atom stereocenters. The minimum Gasteiger partial charge on any atom is -0.355 e. The highest BCUT2D eigenvalue weighted by molar-refractivity contribution is 6.21. The molecule has 82 valence electrons. The summed E-state index contributed by atoms with van der Waals surface area (Å²) in [5.41, 5.74) is 0. The number of carbonyl (C=O) groups excluding carboxylic acids is 1. The number of carbonyl (C=O) groups is 1. The molecule has 1 N–H and O–H groups in total. The monoisotopic (exact) mass is 217 g/mol. The van der Waals surface area contributed by atoms with E-state index in [0.29, 0.717) is 24.8 Å². The van der Waals surface area contributed by atoms with E-state index in [2.05, 4.69) is 19.2 Å². The molecular formula is C11H20ClNO. The Morgan fingerprint density at radius 1 is 1.50 bits per heavy atom. The molecule has 0 aromatic rings. The van der Waals surface area contributed by atoms with Gasteiger partial charge in [-0.15, -0.1) is 11.6 Å². The molecule has 1 atom stereocenters. The smallest absolute Gasteiger partial charge is 0.220 e. The average Bonchev–Trinajstić information content (AvgIpc) is 2.93. The molecule has 0 saturated heterocycles. The van der Waals surface area contributed by atoms with E-state index in [1.54, 1.807) is 0 Å². The van der Waals surface area contributed by atoms with Crippen LogP contribution in [0.5, 0.6) is 0 Å². The van der Waals surface area contributed by atoms with E-state index in [0.717, 1.165) is 6.42 Å². The molecule has 1 rings (SSSR count). The fourth-order valence-electron chi connectivity index (χ4n) is 1.34. The van der Waals surface area contributed by atoms with Gasteiger partial charge in [-0.25, -0.2) is 0 Å². The first kappa shape index (κ1) is 11.8. The zero-order valence-electron chi connectivity index (χ0n) is 9.05. The molecular weight excluding hydrogens is 198 g/mol. The first-order chi connectivity index (χ1) is 6.59. The van der Waals surface area contributed by atoms with Crippen molar-refractivity contribution < 1.29 is 4.79 Å². The number of alkyl halides is 1. The molecule has 0 spiro atoms. The molecule has 1 aliphatic carbocycles. The van der Waals surface area contributed by atoms with Crippen LogP contribution in [0.25, 0.3) is 0 Å². The third-order valence-corrected chi connectivity index (χ3v) is 3.09. The van der Waals surface area contributed by atoms with Crippen molar-refractivity contribution in [3.63, 3.8) is 0 Å². The van der Waals surface area contributed by atoms with Crippen LogP contribution in [0.15, 0.2) is 0 Å². The lowest BCUT2D eigenvalue weighted by atomic mass is 10.1. The van der Waals surface area contributed by atoms with Gasteiger partial charge in [0.25, 0.3) is 0 Å². The topological polar surface area (TPSA) is 29.1 Å². The zero-order valence-corrected chi connectivity index (χ0v) is 9.81. The van der Waals surface area contributed by atoms with Crippen LogP contribution in [-0.4, -0.2) is 17.8 Å². The predicted octanol–water partition coefficient (Wildman–Crippen LogP) is 2.56. The third kappa shape index (κ3) is 4.85. The second-order valence-corrected chi connectivity index (χ2v) is 5.15. The van der Waals surface area contributed by atoms with Crippen LogP contribution in [0.2, 0.25) is 0 Å². The van der Waals surface area contributed by atoms with Gasteiger partial charge in [-0.1, -0.05) is 13.8 Å². The van der Waals surface area contributed by atoms with Crippen LogP contribution < -0.4 is 5.32 Å². The van der Waals surface area contributed by atoms with Crippen LogP contribution >= 0.6 is 11.6 Å². The van der Waals surface area contributed by atoms with Crippen LogP contribution in [0.4, 0.5) is 0 Å². The second kappa shape index (κ2) is 5.59. The van der Waals surface area contributed by atoms with Crippen molar-refractivity contribution >= 4 is 17.5 Å². The molecule has 0 heterocycles. The SMILES string of the molecule is CC(C)CCC(=O)NCC(Cl)C1CC1. The Labute approximate surface area is 91.4 Å². The Morgan fingerprint density at radius 3 is 2.64 bits per heavy atom. The van der Waals surface area contributed by atoms with E-state index < -0.39 is 0 Å². The van der Waals surface area contributed by atoms with Crippen molar-refractivity contribution in [3.05, 3.63) is 0 Å². The highest BCUT2D eigenvalue weighted by Crippen LogP contribution is 2.35. The van der Waals surface area contributed by atoms with Crippen molar-refractivity contribution in [2.24, 2.45) is 11.8 Å². The lowest BCUT2D eigenvalue weighted by Crippen LogP contribution is -2.30. The maximum absolute atomic E-state index is 11.3. The van der Waals surface area contributed by atoms with E-state index in [1.807, 2.05) is 0 Å². The maximum atomic E-state index is 11.3. The molecule has 1 amide bonds. The summed E-state index contributed by atoms with van der Waals surface area (Å²) in [7, 11) is 0. The normalized spacial score (nSPS) is 18.3. The molecule has 0 aliphatic heterocycles.